The third kappa shape index (κ3) is 9.20. The molecule has 0 spiro atoms. The number of imidazole rings is 2. The van der Waals surface area contributed by atoms with E-state index in [4.69, 9.17) is 9.72 Å². The number of benzene rings is 2. The minimum absolute atomic E-state index is 0.128. The molecule has 4 aromatic rings. The summed E-state index contributed by atoms with van der Waals surface area (Å²) >= 11 is 0. The zero-order valence-corrected chi connectivity index (χ0v) is 34.4. The van der Waals surface area contributed by atoms with Crippen LogP contribution in [-0.4, -0.2) is 128 Å². The molecule has 15 nitrogen and oxygen atoms in total. The summed E-state index contributed by atoms with van der Waals surface area (Å²) in [4.78, 5) is 74.6. The number of likely N-dealkylation sites (tertiary alicyclic amines) is 2. The van der Waals surface area contributed by atoms with Gasteiger partial charge in [-0.05, 0) is 73.4 Å². The third-order valence-electron chi connectivity index (χ3n) is 11.6. The van der Waals surface area contributed by atoms with Gasteiger partial charge in [0, 0.05) is 26.7 Å². The smallest absolute Gasteiger partial charge is 0.407 e. The van der Waals surface area contributed by atoms with E-state index in [9.17, 15) is 24.3 Å². The SMILES string of the molecule is CCN(CC)CCC(NC(=O)OC)C(=O)N1CCCC1c1ncc(-c2ccc(-c3ccc(-c4cnc([C@@H]5CCCN5C(=O)[C@H](C(C)C)N(C)C(=O)O)[nH]4)cc3)cc2)[nH]1. The number of hydrogen-bond donors (Lipinski definition) is 4. The Labute approximate surface area is 340 Å². The Balaban J connectivity index is 1.10. The lowest BCUT2D eigenvalue weighted by Crippen LogP contribution is -2.51. The molecule has 0 radical (unpaired) electrons. The van der Waals surface area contributed by atoms with Gasteiger partial charge in [0.25, 0.3) is 0 Å². The number of carbonyl (C=O) groups excluding carboxylic acids is 3. The first-order chi connectivity index (χ1) is 27.9. The Morgan fingerprint density at radius 1 is 0.810 bits per heavy atom. The molecule has 4 atom stereocenters. The summed E-state index contributed by atoms with van der Waals surface area (Å²) in [5.74, 6) is 0.920. The van der Waals surface area contributed by atoms with Crippen LogP contribution in [-0.2, 0) is 14.3 Å². The molecule has 0 saturated carbocycles. The molecule has 4 N–H and O–H groups in total. The van der Waals surface area contributed by atoms with Crippen LogP contribution in [0.5, 0.6) is 0 Å². The number of aromatic nitrogens is 4. The maximum atomic E-state index is 13.8. The lowest BCUT2D eigenvalue weighted by Gasteiger charge is -2.33. The van der Waals surface area contributed by atoms with Crippen molar-refractivity contribution in [2.24, 2.45) is 5.92 Å². The highest BCUT2D eigenvalue weighted by Gasteiger charge is 2.40. The molecular formula is C43H57N9O6. The van der Waals surface area contributed by atoms with Crippen LogP contribution in [0, 0.1) is 5.92 Å². The van der Waals surface area contributed by atoms with Crippen LogP contribution < -0.4 is 5.32 Å². The summed E-state index contributed by atoms with van der Waals surface area (Å²) in [7, 11) is 2.75. The average molecular weight is 796 g/mol. The Hall–Kier alpha value is -5.70. The number of H-pyrrole nitrogens is 2. The summed E-state index contributed by atoms with van der Waals surface area (Å²) in [6.07, 6.45) is 5.52. The van der Waals surface area contributed by atoms with E-state index in [-0.39, 0.29) is 29.8 Å². The number of carbonyl (C=O) groups is 4. The van der Waals surface area contributed by atoms with Gasteiger partial charge in [-0.15, -0.1) is 0 Å². The van der Waals surface area contributed by atoms with Gasteiger partial charge in [0.05, 0.1) is 43.0 Å². The number of rotatable bonds is 15. The van der Waals surface area contributed by atoms with Crippen LogP contribution in [0.15, 0.2) is 60.9 Å². The standard InChI is InChI=1S/C43H57N9O6/c1-7-50(8-2)24-21-32(48-42(55)58-6)40(53)51-22-9-11-35(51)38-44-25-33(46-38)30-17-13-28(14-18-30)29-15-19-31(20-16-29)34-26-45-39(47-34)36-12-10-23-52(36)41(54)37(27(3)4)49(5)43(56)57/h13-20,25-27,32,35-37H,7-12,21-24H2,1-6H3,(H,44,46)(H,45,47)(H,48,55)(H,56,57)/t32?,35?,36-,37-/m0/s1. The van der Waals surface area contributed by atoms with Gasteiger partial charge < -0.3 is 39.8 Å². The van der Waals surface area contributed by atoms with E-state index in [0.717, 1.165) is 83.1 Å². The molecule has 2 aromatic heterocycles. The number of amides is 4. The summed E-state index contributed by atoms with van der Waals surface area (Å²) in [6.45, 7) is 11.4. The largest absolute Gasteiger partial charge is 0.465 e. The number of hydrogen-bond acceptors (Lipinski definition) is 8. The minimum Gasteiger partial charge on any atom is -0.465 e. The number of carboxylic acid groups (broad SMARTS) is 1. The number of nitrogens with zero attached hydrogens (tertiary/aromatic N) is 6. The average Bonchev–Trinajstić information content (AvgIpc) is 4.07. The first-order valence-electron chi connectivity index (χ1n) is 20.4. The first kappa shape index (κ1) is 41.9. The molecule has 2 aliphatic rings. The van der Waals surface area contributed by atoms with E-state index >= 15 is 0 Å². The van der Waals surface area contributed by atoms with Crippen LogP contribution in [0.1, 0.15) is 83.5 Å². The van der Waals surface area contributed by atoms with Crippen molar-refractivity contribution in [1.82, 2.24) is 44.9 Å². The highest BCUT2D eigenvalue weighted by Crippen LogP contribution is 2.35. The zero-order valence-electron chi connectivity index (χ0n) is 34.4. The molecule has 58 heavy (non-hydrogen) atoms. The second-order valence-corrected chi connectivity index (χ2v) is 15.5. The molecule has 15 heteroatoms. The number of nitrogens with one attached hydrogen (secondary N) is 3. The van der Waals surface area contributed by atoms with Crippen LogP contribution >= 0.6 is 0 Å². The number of alkyl carbamates (subject to hydrolysis) is 1. The monoisotopic (exact) mass is 795 g/mol. The lowest BCUT2D eigenvalue weighted by atomic mass is 10.0. The van der Waals surface area contributed by atoms with Crippen LogP contribution in [0.25, 0.3) is 33.6 Å². The second kappa shape index (κ2) is 18.7. The lowest BCUT2D eigenvalue weighted by molar-refractivity contribution is -0.138. The van der Waals surface area contributed by atoms with E-state index in [2.05, 4.69) is 75.4 Å². The van der Waals surface area contributed by atoms with Gasteiger partial charge in [0.15, 0.2) is 0 Å². The molecule has 2 saturated heterocycles. The van der Waals surface area contributed by atoms with Crippen molar-refractivity contribution < 1.29 is 29.0 Å². The molecule has 2 aliphatic heterocycles. The topological polar surface area (TPSA) is 180 Å². The highest BCUT2D eigenvalue weighted by molar-refractivity contribution is 5.87. The maximum Gasteiger partial charge on any atom is 0.407 e. The molecule has 2 aromatic carbocycles. The fourth-order valence-corrected chi connectivity index (χ4v) is 8.32. The molecule has 2 unspecified atom stereocenters. The minimum atomic E-state index is -1.12. The molecule has 4 heterocycles. The van der Waals surface area contributed by atoms with Crippen LogP contribution in [0.2, 0.25) is 0 Å². The third-order valence-corrected chi connectivity index (χ3v) is 11.6. The number of likely N-dealkylation sites (N-methyl/N-ethyl adjacent to an activating group) is 1. The number of aromatic amines is 2. The van der Waals surface area contributed by atoms with E-state index in [1.54, 1.807) is 17.3 Å². The number of ether oxygens (including phenoxy) is 1. The van der Waals surface area contributed by atoms with E-state index in [1.165, 1.54) is 14.2 Å². The summed E-state index contributed by atoms with van der Waals surface area (Å²) in [6, 6.07) is 14.5. The fraction of sp³-hybridized carbons (Fsp3) is 0.488. The fourth-order valence-electron chi connectivity index (χ4n) is 8.32. The summed E-state index contributed by atoms with van der Waals surface area (Å²) in [5, 5.41) is 12.4. The Bertz CT molecular complexity index is 2020. The Kier molecular flexibility index (Phi) is 13.5. The Morgan fingerprint density at radius 2 is 1.28 bits per heavy atom. The second-order valence-electron chi connectivity index (χ2n) is 15.5. The van der Waals surface area contributed by atoms with Gasteiger partial charge in [-0.2, -0.15) is 0 Å². The van der Waals surface area contributed by atoms with Crippen molar-refractivity contribution in [3.05, 3.63) is 72.6 Å². The van der Waals surface area contributed by atoms with Crippen LogP contribution in [0.3, 0.4) is 0 Å². The van der Waals surface area contributed by atoms with Crippen LogP contribution in [0.4, 0.5) is 9.59 Å². The van der Waals surface area contributed by atoms with E-state index in [1.807, 2.05) is 30.9 Å². The molecule has 310 valence electrons. The van der Waals surface area contributed by atoms with Crippen molar-refractivity contribution in [2.45, 2.75) is 84.0 Å². The highest BCUT2D eigenvalue weighted by atomic mass is 16.5. The van der Waals surface area contributed by atoms with Gasteiger partial charge in [-0.3, -0.25) is 14.5 Å². The van der Waals surface area contributed by atoms with E-state index in [0.29, 0.717) is 31.9 Å². The van der Waals surface area contributed by atoms with Gasteiger partial charge >= 0.3 is 12.2 Å². The molecular weight excluding hydrogens is 739 g/mol. The predicted octanol–water partition coefficient (Wildman–Crippen LogP) is 6.55. The first-order valence-corrected chi connectivity index (χ1v) is 20.4. The van der Waals surface area contributed by atoms with Gasteiger partial charge in [-0.1, -0.05) is 76.2 Å². The van der Waals surface area contributed by atoms with E-state index < -0.39 is 24.3 Å². The van der Waals surface area contributed by atoms with Gasteiger partial charge in [0.2, 0.25) is 11.8 Å². The maximum absolute atomic E-state index is 13.8. The van der Waals surface area contributed by atoms with Gasteiger partial charge in [-0.25, -0.2) is 19.6 Å². The van der Waals surface area contributed by atoms with Crippen molar-refractivity contribution in [3.63, 3.8) is 0 Å². The predicted molar refractivity (Wildman–Crippen MR) is 221 cm³/mol. The molecule has 0 aliphatic carbocycles. The molecule has 2 fully saturated rings. The normalized spacial score (nSPS) is 17.8. The van der Waals surface area contributed by atoms with Crippen molar-refractivity contribution in [1.29, 1.82) is 0 Å². The zero-order chi connectivity index (χ0) is 41.5. The summed E-state index contributed by atoms with van der Waals surface area (Å²) in [5.41, 5.74) is 5.72. The van der Waals surface area contributed by atoms with Crippen molar-refractivity contribution in [3.8, 4) is 33.6 Å². The molecule has 6 rings (SSSR count). The van der Waals surface area contributed by atoms with Crippen molar-refractivity contribution >= 4 is 24.0 Å². The number of methoxy groups -OCH3 is 1. The Morgan fingerprint density at radius 3 is 1.71 bits per heavy atom. The van der Waals surface area contributed by atoms with Gasteiger partial charge in [0.1, 0.15) is 23.7 Å². The molecule has 0 bridgehead atoms. The van der Waals surface area contributed by atoms with Crippen molar-refractivity contribution in [2.75, 3.05) is 46.9 Å². The quantitative estimate of drug-likeness (QED) is 0.104. The molecule has 4 amide bonds. The summed E-state index contributed by atoms with van der Waals surface area (Å²) < 4.78 is 4.84.